The third-order valence-electron chi connectivity index (χ3n) is 19.9. The van der Waals surface area contributed by atoms with Crippen LogP contribution in [0.25, 0.3) is 0 Å². The number of carbonyl (C=O) groups is 4. The summed E-state index contributed by atoms with van der Waals surface area (Å²) < 4.78 is 68.8. The minimum absolute atomic E-state index is 0.106. The number of esters is 4. The highest BCUT2D eigenvalue weighted by Crippen LogP contribution is 2.45. The van der Waals surface area contributed by atoms with Gasteiger partial charge < -0.3 is 33.8 Å². The lowest BCUT2D eigenvalue weighted by molar-refractivity contribution is -0.161. The molecule has 0 aliphatic heterocycles. The van der Waals surface area contributed by atoms with E-state index in [-0.39, 0.29) is 25.7 Å². The fraction of sp³-hybridized carbons (Fsp3) is 0.953. The van der Waals surface area contributed by atoms with E-state index in [4.69, 9.17) is 37.0 Å². The maximum atomic E-state index is 13.1. The van der Waals surface area contributed by atoms with Gasteiger partial charge >= 0.3 is 39.5 Å². The average Bonchev–Trinajstić information content (AvgIpc) is 0.953. The summed E-state index contributed by atoms with van der Waals surface area (Å²) in [5.74, 6) is 0.272. The zero-order valence-corrected chi connectivity index (χ0v) is 70.3. The molecule has 0 aliphatic rings. The van der Waals surface area contributed by atoms with Gasteiger partial charge in [0, 0.05) is 25.7 Å². The van der Waals surface area contributed by atoms with Crippen molar-refractivity contribution in [3.8, 4) is 0 Å². The third-order valence-corrected chi connectivity index (χ3v) is 21.8. The van der Waals surface area contributed by atoms with Gasteiger partial charge in [-0.25, -0.2) is 9.13 Å². The van der Waals surface area contributed by atoms with Crippen molar-refractivity contribution in [3.63, 3.8) is 0 Å². The van der Waals surface area contributed by atoms with Gasteiger partial charge in [0.15, 0.2) is 12.2 Å². The van der Waals surface area contributed by atoms with Crippen LogP contribution in [0.3, 0.4) is 0 Å². The molecule has 0 rings (SSSR count). The number of aliphatic hydroxyl groups excluding tert-OH is 1. The van der Waals surface area contributed by atoms with Crippen molar-refractivity contribution in [2.45, 2.75) is 465 Å². The topological polar surface area (TPSA) is 237 Å². The fourth-order valence-corrected chi connectivity index (χ4v) is 14.8. The van der Waals surface area contributed by atoms with Gasteiger partial charge in [-0.05, 0) is 43.4 Å². The second-order valence-electron chi connectivity index (χ2n) is 32.0. The highest BCUT2D eigenvalue weighted by molar-refractivity contribution is 7.47. The van der Waals surface area contributed by atoms with Crippen molar-refractivity contribution in [3.05, 3.63) is 0 Å². The van der Waals surface area contributed by atoms with E-state index in [1.165, 1.54) is 257 Å². The first-order valence-corrected chi connectivity index (χ1v) is 46.8. The molecule has 0 aliphatic carbocycles. The normalized spacial score (nSPS) is 13.9. The van der Waals surface area contributed by atoms with E-state index in [0.717, 1.165) is 108 Å². The summed E-state index contributed by atoms with van der Waals surface area (Å²) in [4.78, 5) is 73.1. The summed E-state index contributed by atoms with van der Waals surface area (Å²) in [7, 11) is -9.92. The van der Waals surface area contributed by atoms with Crippen LogP contribution >= 0.6 is 15.6 Å². The number of aliphatic hydroxyl groups is 1. The number of phosphoric ester groups is 2. The monoisotopic (exact) mass is 1520 g/mol. The number of unbranched alkanes of at least 4 members (excludes halogenated alkanes) is 51. The Morgan fingerprint density at radius 2 is 0.442 bits per heavy atom. The number of hydrogen-bond donors (Lipinski definition) is 3. The molecule has 2 unspecified atom stereocenters. The smallest absolute Gasteiger partial charge is 0.462 e. The molecule has 0 bridgehead atoms. The Kier molecular flexibility index (Phi) is 73.7. The van der Waals surface area contributed by atoms with Crippen LogP contribution in [0.5, 0.6) is 0 Å². The van der Waals surface area contributed by atoms with Crippen molar-refractivity contribution in [1.82, 2.24) is 0 Å². The first-order valence-electron chi connectivity index (χ1n) is 43.8. The van der Waals surface area contributed by atoms with Gasteiger partial charge in [-0.15, -0.1) is 0 Å². The van der Waals surface area contributed by atoms with E-state index in [1.807, 2.05) is 0 Å². The highest BCUT2D eigenvalue weighted by Gasteiger charge is 2.30. The quantitative estimate of drug-likeness (QED) is 0.0222. The van der Waals surface area contributed by atoms with Crippen LogP contribution in [0, 0.1) is 17.8 Å². The largest absolute Gasteiger partial charge is 0.472 e. The molecule has 19 heteroatoms. The van der Waals surface area contributed by atoms with E-state index >= 15 is 0 Å². The van der Waals surface area contributed by atoms with Gasteiger partial charge in [-0.1, -0.05) is 395 Å². The SMILES string of the molecule is CCCCCCCCCCCCC(=O)OC[C@H](COP(=O)(O)OC[C@H](O)COP(=O)(O)OC[C@@H](COC(=O)CCCCCCCCCCCCCCCCCCCCC(C)C)OC(=O)CCCCCCCCCCCCCCCCCCCCC(C)C)OC(=O)CCCCCCCCCCCC(C)C. The lowest BCUT2D eigenvalue weighted by Gasteiger charge is -2.21. The number of ether oxygens (including phenoxy) is 4. The Bertz CT molecular complexity index is 2010. The van der Waals surface area contributed by atoms with Gasteiger partial charge in [0.1, 0.15) is 19.3 Å². The Morgan fingerprint density at radius 1 is 0.260 bits per heavy atom. The number of hydrogen-bond acceptors (Lipinski definition) is 15. The van der Waals surface area contributed by atoms with Gasteiger partial charge in [0.2, 0.25) is 0 Å². The molecule has 0 amide bonds. The molecule has 17 nitrogen and oxygen atoms in total. The number of phosphoric acid groups is 2. The van der Waals surface area contributed by atoms with Crippen molar-refractivity contribution in [2.24, 2.45) is 17.8 Å². The minimum atomic E-state index is -4.97. The van der Waals surface area contributed by atoms with Crippen LogP contribution in [0.4, 0.5) is 0 Å². The summed E-state index contributed by atoms with van der Waals surface area (Å²) >= 11 is 0. The first kappa shape index (κ1) is 102. The van der Waals surface area contributed by atoms with Gasteiger partial charge in [-0.2, -0.15) is 0 Å². The third kappa shape index (κ3) is 78.2. The molecule has 0 aromatic heterocycles. The van der Waals surface area contributed by atoms with Crippen LogP contribution in [0.2, 0.25) is 0 Å². The van der Waals surface area contributed by atoms with E-state index < -0.39 is 97.5 Å². The van der Waals surface area contributed by atoms with Crippen molar-refractivity contribution in [1.29, 1.82) is 0 Å². The van der Waals surface area contributed by atoms with Crippen molar-refractivity contribution < 1.29 is 80.2 Å². The summed E-state index contributed by atoms with van der Waals surface area (Å²) in [5.41, 5.74) is 0. The molecule has 0 aromatic carbocycles. The summed E-state index contributed by atoms with van der Waals surface area (Å²) in [6, 6.07) is 0. The minimum Gasteiger partial charge on any atom is -0.462 e. The zero-order chi connectivity index (χ0) is 76.5. The van der Waals surface area contributed by atoms with Crippen molar-refractivity contribution in [2.75, 3.05) is 39.6 Å². The van der Waals surface area contributed by atoms with E-state index in [1.54, 1.807) is 0 Å². The van der Waals surface area contributed by atoms with Crippen LogP contribution in [0.1, 0.15) is 447 Å². The Balaban J connectivity index is 5.20. The number of carbonyl (C=O) groups excluding carboxylic acids is 4. The molecule has 3 N–H and O–H groups in total. The molecular formula is C85H166O17P2. The van der Waals surface area contributed by atoms with Crippen LogP contribution in [0.15, 0.2) is 0 Å². The lowest BCUT2D eigenvalue weighted by atomic mass is 10.0. The highest BCUT2D eigenvalue weighted by atomic mass is 31.2. The van der Waals surface area contributed by atoms with Crippen LogP contribution < -0.4 is 0 Å². The van der Waals surface area contributed by atoms with E-state index in [0.29, 0.717) is 25.7 Å². The van der Waals surface area contributed by atoms with Crippen LogP contribution in [-0.4, -0.2) is 96.7 Å². The predicted octanol–water partition coefficient (Wildman–Crippen LogP) is 25.7. The number of rotatable bonds is 83. The molecule has 104 heavy (non-hydrogen) atoms. The maximum Gasteiger partial charge on any atom is 0.472 e. The molecule has 0 heterocycles. The zero-order valence-electron chi connectivity index (χ0n) is 68.5. The first-order chi connectivity index (χ1) is 50.2. The summed E-state index contributed by atoms with van der Waals surface area (Å²) in [5, 5.41) is 10.7. The van der Waals surface area contributed by atoms with Crippen LogP contribution in [-0.2, 0) is 65.4 Å². The molecule has 5 atom stereocenters. The Morgan fingerprint density at radius 3 is 0.654 bits per heavy atom. The van der Waals surface area contributed by atoms with E-state index in [2.05, 4.69) is 48.5 Å². The Labute approximate surface area is 638 Å². The molecule has 618 valence electrons. The molecule has 0 fully saturated rings. The second kappa shape index (κ2) is 75.1. The van der Waals surface area contributed by atoms with Gasteiger partial charge in [-0.3, -0.25) is 37.3 Å². The van der Waals surface area contributed by atoms with Gasteiger partial charge in [0.25, 0.3) is 0 Å². The van der Waals surface area contributed by atoms with Crippen molar-refractivity contribution >= 4 is 39.5 Å². The molecule has 0 saturated carbocycles. The fourth-order valence-electron chi connectivity index (χ4n) is 13.2. The Hall–Kier alpha value is -1.94. The predicted molar refractivity (Wildman–Crippen MR) is 428 cm³/mol. The second-order valence-corrected chi connectivity index (χ2v) is 34.9. The molecule has 0 aromatic rings. The molecular weight excluding hydrogens is 1350 g/mol. The average molecular weight is 1520 g/mol. The molecule has 0 saturated heterocycles. The lowest BCUT2D eigenvalue weighted by Crippen LogP contribution is -2.30. The molecule has 0 spiro atoms. The van der Waals surface area contributed by atoms with E-state index in [9.17, 15) is 43.2 Å². The molecule has 0 radical (unpaired) electrons. The van der Waals surface area contributed by atoms with Gasteiger partial charge in [0.05, 0.1) is 26.4 Å². The standard InChI is InChI=1S/C85H166O17P2/c1-8-9-10-11-12-13-38-45-52-59-66-82(87)95-72-81(102-85(90)69-62-55-48-41-34-37-44-51-58-65-78(6)7)75-100-104(93,94)98-71-79(86)70-97-103(91,92)99-74-80(101-84(89)68-61-54-47-40-33-29-25-21-17-15-19-23-27-31-36-43-50-57-64-77(4)5)73-96-83(88)67-60-53-46-39-32-28-24-20-16-14-18-22-26-30-35-42-49-56-63-76(2)3/h76-81,86H,8-75H2,1-7H3,(H,91,92)(H,93,94)/t79-,80-,81-/m1/s1. The summed E-state index contributed by atoms with van der Waals surface area (Å²) in [6.07, 6.45) is 65.4. The summed E-state index contributed by atoms with van der Waals surface area (Å²) in [6.45, 7) is 12.0. The maximum absolute atomic E-state index is 13.1.